The number of ether oxygens (including phenoxy) is 3. The molecule has 0 saturated carbocycles. The summed E-state index contributed by atoms with van der Waals surface area (Å²) in [7, 11) is 0. The van der Waals surface area contributed by atoms with E-state index in [1.807, 2.05) is 0 Å². The Balaban J connectivity index is 4.38. The summed E-state index contributed by atoms with van der Waals surface area (Å²) in [6.07, 6.45) is 94.6. The molecule has 80 heavy (non-hydrogen) atoms. The Bertz CT molecular complexity index is 1700. The average molecular weight is 1110 g/mol. The maximum atomic E-state index is 12.9. The maximum Gasteiger partial charge on any atom is 0.306 e. The fourth-order valence-corrected chi connectivity index (χ4v) is 8.89. The number of carbonyl (C=O) groups excluding carboxylic acids is 3. The Morgan fingerprint density at radius 3 is 0.800 bits per heavy atom. The first-order valence-electron chi connectivity index (χ1n) is 33.2. The first-order valence-corrected chi connectivity index (χ1v) is 33.2. The summed E-state index contributed by atoms with van der Waals surface area (Å²) in [5, 5.41) is 0. The number of hydrogen-bond acceptors (Lipinski definition) is 6. The molecule has 0 radical (unpaired) electrons. The third-order valence-electron chi connectivity index (χ3n) is 13.9. The summed E-state index contributed by atoms with van der Waals surface area (Å²) in [5.41, 5.74) is 0. The Labute approximate surface area is 494 Å². The van der Waals surface area contributed by atoms with Crippen LogP contribution in [0.2, 0.25) is 0 Å². The SMILES string of the molecule is CC/C=C\C/C=C\C/C=C\C/C=C\C/C=C\C/C=C\C/C=C\C/C=C\CCCCCCC(=O)OCC(COC(=O)CCCCCCC/C=C\CCCCC)OC(=O)CCCCCCCCCCC/C=C\C/C=C\CCCCCCC. The molecule has 1 unspecified atom stereocenters. The lowest BCUT2D eigenvalue weighted by Gasteiger charge is -2.18. The normalized spacial score (nSPS) is 13.0. The lowest BCUT2D eigenvalue weighted by Crippen LogP contribution is -2.30. The van der Waals surface area contributed by atoms with Gasteiger partial charge in [0, 0.05) is 19.3 Å². The summed E-state index contributed by atoms with van der Waals surface area (Å²) < 4.78 is 16.9. The van der Waals surface area contributed by atoms with E-state index < -0.39 is 6.10 Å². The van der Waals surface area contributed by atoms with E-state index in [2.05, 4.69) is 154 Å². The third kappa shape index (κ3) is 64.4. The summed E-state index contributed by atoms with van der Waals surface area (Å²) in [6.45, 7) is 6.47. The van der Waals surface area contributed by atoms with Crippen LogP contribution in [0.25, 0.3) is 0 Å². The zero-order chi connectivity index (χ0) is 57.8. The van der Waals surface area contributed by atoms with E-state index in [0.29, 0.717) is 19.3 Å². The second-order valence-corrected chi connectivity index (χ2v) is 21.6. The van der Waals surface area contributed by atoms with E-state index in [0.717, 1.165) is 141 Å². The molecule has 0 saturated heterocycles. The van der Waals surface area contributed by atoms with E-state index in [4.69, 9.17) is 14.2 Å². The van der Waals surface area contributed by atoms with Gasteiger partial charge >= 0.3 is 17.9 Å². The highest BCUT2D eigenvalue weighted by Gasteiger charge is 2.19. The van der Waals surface area contributed by atoms with Crippen molar-refractivity contribution in [3.63, 3.8) is 0 Å². The van der Waals surface area contributed by atoms with Crippen molar-refractivity contribution in [2.45, 2.75) is 303 Å². The van der Waals surface area contributed by atoms with E-state index in [1.165, 1.54) is 116 Å². The van der Waals surface area contributed by atoms with Crippen LogP contribution in [-0.2, 0) is 28.6 Å². The van der Waals surface area contributed by atoms with Crippen LogP contribution in [-0.4, -0.2) is 37.2 Å². The zero-order valence-electron chi connectivity index (χ0n) is 52.0. The van der Waals surface area contributed by atoms with E-state index in [9.17, 15) is 14.4 Å². The lowest BCUT2D eigenvalue weighted by atomic mass is 10.1. The fourth-order valence-electron chi connectivity index (χ4n) is 8.89. The van der Waals surface area contributed by atoms with Crippen LogP contribution < -0.4 is 0 Å². The summed E-state index contributed by atoms with van der Waals surface area (Å²) in [6, 6.07) is 0. The summed E-state index contributed by atoms with van der Waals surface area (Å²) >= 11 is 0. The van der Waals surface area contributed by atoms with E-state index in [1.54, 1.807) is 0 Å². The molecule has 0 aliphatic carbocycles. The molecule has 0 aromatic rings. The van der Waals surface area contributed by atoms with Gasteiger partial charge in [0.1, 0.15) is 13.2 Å². The number of carbonyl (C=O) groups is 3. The van der Waals surface area contributed by atoms with Gasteiger partial charge in [-0.3, -0.25) is 14.4 Å². The van der Waals surface area contributed by atoms with Crippen LogP contribution in [0, 0.1) is 0 Å². The quantitative estimate of drug-likeness (QED) is 0.0261. The van der Waals surface area contributed by atoms with Crippen molar-refractivity contribution in [3.05, 3.63) is 134 Å². The van der Waals surface area contributed by atoms with Crippen molar-refractivity contribution in [1.82, 2.24) is 0 Å². The molecule has 0 aromatic heterocycles. The van der Waals surface area contributed by atoms with Gasteiger partial charge in [0.25, 0.3) is 0 Å². The average Bonchev–Trinajstić information content (AvgIpc) is 3.46. The minimum absolute atomic E-state index is 0.0951. The number of hydrogen-bond donors (Lipinski definition) is 0. The van der Waals surface area contributed by atoms with Gasteiger partial charge < -0.3 is 14.2 Å². The molecule has 0 heterocycles. The second-order valence-electron chi connectivity index (χ2n) is 21.6. The minimum atomic E-state index is -0.800. The molecule has 0 bridgehead atoms. The van der Waals surface area contributed by atoms with Crippen molar-refractivity contribution in [2.24, 2.45) is 0 Å². The molecule has 454 valence electrons. The predicted octanol–water partition coefficient (Wildman–Crippen LogP) is 22.9. The molecule has 6 heteroatoms. The van der Waals surface area contributed by atoms with Crippen LogP contribution in [0.4, 0.5) is 0 Å². The Hall–Kier alpha value is -4.45. The van der Waals surface area contributed by atoms with Crippen molar-refractivity contribution >= 4 is 17.9 Å². The van der Waals surface area contributed by atoms with Gasteiger partial charge in [-0.1, -0.05) is 270 Å². The van der Waals surface area contributed by atoms with Crippen LogP contribution in [0.5, 0.6) is 0 Å². The lowest BCUT2D eigenvalue weighted by molar-refractivity contribution is -0.167. The van der Waals surface area contributed by atoms with Crippen LogP contribution in [0.3, 0.4) is 0 Å². The largest absolute Gasteiger partial charge is 0.462 e. The third-order valence-corrected chi connectivity index (χ3v) is 13.9. The van der Waals surface area contributed by atoms with E-state index >= 15 is 0 Å². The van der Waals surface area contributed by atoms with Crippen LogP contribution in [0.1, 0.15) is 297 Å². The highest BCUT2D eigenvalue weighted by molar-refractivity contribution is 5.71. The smallest absolute Gasteiger partial charge is 0.306 e. The van der Waals surface area contributed by atoms with Crippen molar-refractivity contribution in [2.75, 3.05) is 13.2 Å². The number of allylic oxidation sites excluding steroid dienone is 22. The number of unbranched alkanes of at least 4 members (excludes halogenated alkanes) is 26. The van der Waals surface area contributed by atoms with Gasteiger partial charge in [-0.15, -0.1) is 0 Å². The zero-order valence-corrected chi connectivity index (χ0v) is 52.0. The highest BCUT2D eigenvalue weighted by Crippen LogP contribution is 2.15. The van der Waals surface area contributed by atoms with Gasteiger partial charge in [-0.05, 0) is 141 Å². The Kier molecular flexibility index (Phi) is 63.3. The molecular weight excluding hydrogens is 985 g/mol. The maximum absolute atomic E-state index is 12.9. The molecule has 0 N–H and O–H groups in total. The molecule has 0 spiro atoms. The first kappa shape index (κ1) is 75.5. The van der Waals surface area contributed by atoms with Gasteiger partial charge in [0.05, 0.1) is 0 Å². The molecular formula is C74H122O6. The Morgan fingerprint density at radius 1 is 0.263 bits per heavy atom. The van der Waals surface area contributed by atoms with Gasteiger partial charge in [0.15, 0.2) is 6.10 Å². The standard InChI is InChI=1S/C74H122O6/c1-4-7-10-13-16-19-22-25-27-29-31-33-34-35-36-37-38-39-40-42-43-45-47-49-52-55-58-61-64-67-73(76)79-70-71(69-78-72(75)66-63-60-57-54-51-24-21-18-15-12-9-6-3)80-74(77)68-65-62-59-56-53-50-48-46-44-41-32-30-28-26-23-20-17-14-11-8-5-2/h7,10,16,18-19,21,23,25-27,30-33,35-36,38-39,42-43,47,49,71H,4-6,8-9,11-15,17,20,22,24,28-29,34,37,40-41,44-46,48,50-70H2,1-3H3/b10-7-,19-16-,21-18-,26-23-,27-25-,32-30-,33-31-,36-35-,39-38-,43-42-,49-47-. The van der Waals surface area contributed by atoms with Crippen LogP contribution >= 0.6 is 0 Å². The molecule has 0 aliphatic rings. The summed E-state index contributed by atoms with van der Waals surface area (Å²) in [5.74, 6) is -0.931. The van der Waals surface area contributed by atoms with Crippen molar-refractivity contribution in [3.8, 4) is 0 Å². The number of esters is 3. The second kappa shape index (κ2) is 67.1. The molecule has 0 rings (SSSR count). The van der Waals surface area contributed by atoms with Crippen molar-refractivity contribution in [1.29, 1.82) is 0 Å². The fraction of sp³-hybridized carbons (Fsp3) is 0.662. The van der Waals surface area contributed by atoms with Gasteiger partial charge in [0.2, 0.25) is 0 Å². The number of rotatable bonds is 59. The van der Waals surface area contributed by atoms with Crippen molar-refractivity contribution < 1.29 is 28.6 Å². The van der Waals surface area contributed by atoms with Crippen LogP contribution in [0.15, 0.2) is 134 Å². The Morgan fingerprint density at radius 2 is 0.487 bits per heavy atom. The highest BCUT2D eigenvalue weighted by atomic mass is 16.6. The summed E-state index contributed by atoms with van der Waals surface area (Å²) in [4.78, 5) is 38.3. The monoisotopic (exact) mass is 1110 g/mol. The molecule has 0 aliphatic heterocycles. The first-order chi connectivity index (χ1) is 39.5. The van der Waals surface area contributed by atoms with E-state index in [-0.39, 0.29) is 31.1 Å². The molecule has 0 fully saturated rings. The van der Waals surface area contributed by atoms with Gasteiger partial charge in [-0.25, -0.2) is 0 Å². The molecule has 0 amide bonds. The molecule has 6 nitrogen and oxygen atoms in total. The molecule has 0 aromatic carbocycles. The predicted molar refractivity (Wildman–Crippen MR) is 348 cm³/mol. The topological polar surface area (TPSA) is 78.9 Å². The van der Waals surface area contributed by atoms with Gasteiger partial charge in [-0.2, -0.15) is 0 Å². The molecule has 1 atom stereocenters. The minimum Gasteiger partial charge on any atom is -0.462 e.